The molecule has 9 heteroatoms. The lowest BCUT2D eigenvalue weighted by atomic mass is 9.98. The van der Waals surface area contributed by atoms with Crippen LogP contribution < -0.4 is 0 Å². The Balaban J connectivity index is 1.50. The summed E-state index contributed by atoms with van der Waals surface area (Å²) in [5, 5.41) is 2.24. The first kappa shape index (κ1) is 20.0. The third-order valence-corrected chi connectivity index (χ3v) is 7.91. The Bertz CT molecular complexity index is 902. The molecule has 0 aliphatic carbocycles. The van der Waals surface area contributed by atoms with E-state index in [9.17, 15) is 18.0 Å². The molecule has 144 valence electrons. The van der Waals surface area contributed by atoms with Crippen molar-refractivity contribution in [2.24, 2.45) is 5.92 Å². The molecule has 6 nitrogen and oxygen atoms in total. The molecule has 3 rings (SSSR count). The number of Topliss-reactive ketones (excluding diaryl/α,β-unsaturated/α-hetero) is 1. The van der Waals surface area contributed by atoms with Crippen LogP contribution in [0.15, 0.2) is 46.0 Å². The van der Waals surface area contributed by atoms with Gasteiger partial charge in [-0.2, -0.15) is 4.31 Å². The first-order valence-corrected chi connectivity index (χ1v) is 11.1. The Morgan fingerprint density at radius 3 is 2.41 bits per heavy atom. The minimum atomic E-state index is -3.50. The number of rotatable bonds is 6. The van der Waals surface area contributed by atoms with Crippen LogP contribution in [0.1, 0.15) is 23.2 Å². The molecule has 1 aromatic carbocycles. The van der Waals surface area contributed by atoms with Crippen molar-refractivity contribution in [2.45, 2.75) is 17.1 Å². The number of benzene rings is 1. The van der Waals surface area contributed by atoms with Crippen LogP contribution in [0.4, 0.5) is 0 Å². The summed E-state index contributed by atoms with van der Waals surface area (Å²) in [5.74, 6) is -1.18. The normalized spacial score (nSPS) is 16.2. The minimum absolute atomic E-state index is 0.255. The number of ether oxygens (including phenoxy) is 1. The Kier molecular flexibility index (Phi) is 6.31. The number of hydrogen-bond acceptors (Lipinski definition) is 6. The zero-order valence-corrected chi connectivity index (χ0v) is 16.7. The molecule has 0 amide bonds. The molecule has 2 aromatic rings. The molecule has 27 heavy (non-hydrogen) atoms. The summed E-state index contributed by atoms with van der Waals surface area (Å²) < 4.78 is 31.8. The Labute approximate surface area is 166 Å². The van der Waals surface area contributed by atoms with Crippen LogP contribution in [0.2, 0.25) is 5.02 Å². The SMILES string of the molecule is O=C(COC(=O)C1CCN(S(=O)(=O)c2cccs2)CC1)c1ccc(Cl)cc1. The summed E-state index contributed by atoms with van der Waals surface area (Å²) in [6.45, 7) is 0.171. The van der Waals surface area contributed by atoms with E-state index in [1.54, 1.807) is 41.8 Å². The fourth-order valence-electron chi connectivity index (χ4n) is 2.84. The van der Waals surface area contributed by atoms with E-state index in [2.05, 4.69) is 0 Å². The van der Waals surface area contributed by atoms with E-state index in [4.69, 9.17) is 16.3 Å². The van der Waals surface area contributed by atoms with Gasteiger partial charge in [0.05, 0.1) is 5.92 Å². The summed E-state index contributed by atoms with van der Waals surface area (Å²) in [5.41, 5.74) is 0.420. The van der Waals surface area contributed by atoms with Crippen molar-refractivity contribution in [3.05, 3.63) is 52.4 Å². The van der Waals surface area contributed by atoms with Crippen molar-refractivity contribution in [3.63, 3.8) is 0 Å². The first-order chi connectivity index (χ1) is 12.9. The molecule has 1 aromatic heterocycles. The highest BCUT2D eigenvalue weighted by Crippen LogP contribution is 2.26. The second-order valence-corrected chi connectivity index (χ2v) is 9.70. The van der Waals surface area contributed by atoms with Gasteiger partial charge in [-0.1, -0.05) is 17.7 Å². The molecule has 0 atom stereocenters. The summed E-state index contributed by atoms with van der Waals surface area (Å²) in [4.78, 5) is 24.3. The smallest absolute Gasteiger partial charge is 0.309 e. The lowest BCUT2D eigenvalue weighted by molar-refractivity contribution is -0.148. The van der Waals surface area contributed by atoms with E-state index in [0.717, 1.165) is 0 Å². The molecule has 2 heterocycles. The standard InChI is InChI=1S/C18H18ClNO5S2/c19-15-5-3-13(4-6-15)16(21)12-25-18(22)14-7-9-20(10-8-14)27(23,24)17-2-1-11-26-17/h1-6,11,14H,7-10,12H2. The van der Waals surface area contributed by atoms with Crippen LogP contribution in [0, 0.1) is 5.92 Å². The third kappa shape index (κ3) is 4.76. The van der Waals surface area contributed by atoms with E-state index in [1.807, 2.05) is 0 Å². The highest BCUT2D eigenvalue weighted by molar-refractivity contribution is 7.91. The van der Waals surface area contributed by atoms with Crippen LogP contribution in [0.25, 0.3) is 0 Å². The molecular weight excluding hydrogens is 410 g/mol. The number of esters is 1. The van der Waals surface area contributed by atoms with Gasteiger partial charge < -0.3 is 4.74 Å². The number of hydrogen-bond donors (Lipinski definition) is 0. The average molecular weight is 428 g/mol. The molecule has 0 unspecified atom stereocenters. The van der Waals surface area contributed by atoms with Crippen molar-refractivity contribution in [1.29, 1.82) is 0 Å². The van der Waals surface area contributed by atoms with Crippen molar-refractivity contribution in [1.82, 2.24) is 4.31 Å². The predicted octanol–water partition coefficient (Wildman–Crippen LogP) is 3.23. The number of piperidine rings is 1. The second-order valence-electron chi connectivity index (χ2n) is 6.15. The second kappa shape index (κ2) is 8.52. The zero-order chi connectivity index (χ0) is 19.4. The molecule has 1 aliphatic rings. The summed E-state index contributed by atoms with van der Waals surface area (Å²) >= 11 is 6.95. The van der Waals surface area contributed by atoms with Gasteiger partial charge in [0.1, 0.15) is 4.21 Å². The van der Waals surface area contributed by atoms with Gasteiger partial charge in [0.15, 0.2) is 12.4 Å². The van der Waals surface area contributed by atoms with Gasteiger partial charge >= 0.3 is 5.97 Å². The van der Waals surface area contributed by atoms with Gasteiger partial charge in [-0.25, -0.2) is 8.42 Å². The van der Waals surface area contributed by atoms with Crippen LogP contribution in [0.5, 0.6) is 0 Å². The Morgan fingerprint density at radius 2 is 1.81 bits per heavy atom. The fourth-order valence-corrected chi connectivity index (χ4v) is 5.58. The lowest BCUT2D eigenvalue weighted by Crippen LogP contribution is -2.40. The van der Waals surface area contributed by atoms with Crippen LogP contribution in [0.3, 0.4) is 0 Å². The van der Waals surface area contributed by atoms with Crippen LogP contribution in [-0.2, 0) is 19.6 Å². The van der Waals surface area contributed by atoms with Gasteiger partial charge in [-0.3, -0.25) is 9.59 Å². The van der Waals surface area contributed by atoms with Crippen molar-refractivity contribution in [2.75, 3.05) is 19.7 Å². The quantitative estimate of drug-likeness (QED) is 0.522. The molecule has 1 aliphatic heterocycles. The third-order valence-electron chi connectivity index (χ3n) is 4.39. The maximum Gasteiger partial charge on any atom is 0.309 e. The topological polar surface area (TPSA) is 80.8 Å². The molecule has 1 fully saturated rings. The van der Waals surface area contributed by atoms with Crippen molar-refractivity contribution >= 4 is 44.7 Å². The van der Waals surface area contributed by atoms with E-state index >= 15 is 0 Å². The number of ketones is 1. The van der Waals surface area contributed by atoms with Crippen molar-refractivity contribution in [3.8, 4) is 0 Å². The maximum absolute atomic E-state index is 12.5. The van der Waals surface area contributed by atoms with Gasteiger partial charge in [0.2, 0.25) is 0 Å². The molecule has 0 saturated carbocycles. The maximum atomic E-state index is 12.5. The van der Waals surface area contributed by atoms with Gasteiger partial charge in [-0.05, 0) is 48.6 Å². The molecule has 0 N–H and O–H groups in total. The molecule has 0 radical (unpaired) electrons. The monoisotopic (exact) mass is 427 g/mol. The van der Waals surface area contributed by atoms with Crippen LogP contribution in [-0.4, -0.2) is 44.2 Å². The highest BCUT2D eigenvalue weighted by Gasteiger charge is 2.33. The minimum Gasteiger partial charge on any atom is -0.457 e. The van der Waals surface area contributed by atoms with Gasteiger partial charge in [-0.15, -0.1) is 11.3 Å². The van der Waals surface area contributed by atoms with E-state index in [0.29, 0.717) is 27.6 Å². The van der Waals surface area contributed by atoms with Gasteiger partial charge in [0, 0.05) is 23.7 Å². The van der Waals surface area contributed by atoms with E-state index in [-0.39, 0.29) is 25.5 Å². The largest absolute Gasteiger partial charge is 0.457 e. The van der Waals surface area contributed by atoms with Crippen molar-refractivity contribution < 1.29 is 22.7 Å². The molecule has 0 spiro atoms. The predicted molar refractivity (Wildman–Crippen MR) is 103 cm³/mol. The fraction of sp³-hybridized carbons (Fsp3) is 0.333. The number of carbonyl (C=O) groups excluding carboxylic acids is 2. The Hall–Kier alpha value is -1.74. The Morgan fingerprint density at radius 1 is 1.15 bits per heavy atom. The highest BCUT2D eigenvalue weighted by atomic mass is 35.5. The number of halogens is 1. The summed E-state index contributed by atoms with van der Waals surface area (Å²) in [6.07, 6.45) is 0.747. The van der Waals surface area contributed by atoms with E-state index < -0.39 is 21.9 Å². The number of thiophene rings is 1. The summed E-state index contributed by atoms with van der Waals surface area (Å²) in [7, 11) is -3.50. The molecule has 1 saturated heterocycles. The molecular formula is C18H18ClNO5S2. The van der Waals surface area contributed by atoms with E-state index in [1.165, 1.54) is 15.6 Å². The lowest BCUT2D eigenvalue weighted by Gasteiger charge is -2.29. The zero-order valence-electron chi connectivity index (χ0n) is 14.3. The summed E-state index contributed by atoms with van der Waals surface area (Å²) in [6, 6.07) is 9.61. The first-order valence-electron chi connectivity index (χ1n) is 8.37. The number of nitrogens with zero attached hydrogens (tertiary/aromatic N) is 1. The average Bonchev–Trinajstić information content (AvgIpc) is 3.22. The van der Waals surface area contributed by atoms with Gasteiger partial charge in [0.25, 0.3) is 10.0 Å². The number of carbonyl (C=O) groups is 2. The van der Waals surface area contributed by atoms with Crippen LogP contribution >= 0.6 is 22.9 Å². The molecule has 0 bridgehead atoms. The number of sulfonamides is 1.